The Kier molecular flexibility index (Phi) is 6.30. The molecule has 1 heterocycles. The zero-order valence-corrected chi connectivity index (χ0v) is 19.7. The second-order valence-electron chi connectivity index (χ2n) is 9.21. The molecule has 194 valence electrons. The normalized spacial score (nSPS) is 22.0. The van der Waals surface area contributed by atoms with Crippen LogP contribution >= 0.6 is 11.6 Å². The standard InChI is InChI=1S/C24H20ClF7N2O2/c1-12-5-13(3-4-18(12)20(35)33-17-9-22(28,29)10-17)19-11-23(36-34-19,24(30,31)32)15-6-14(21(2,26)27)7-16(25)8-15/h3-8,17H,9-11H2,1-2H3,(H,33,35)/t23-/m1/s1. The highest BCUT2D eigenvalue weighted by molar-refractivity contribution is 6.30. The summed E-state index contributed by atoms with van der Waals surface area (Å²) in [6, 6.07) is 5.94. The minimum absolute atomic E-state index is 0.120. The molecule has 1 aliphatic carbocycles. The van der Waals surface area contributed by atoms with Crippen molar-refractivity contribution in [2.24, 2.45) is 5.16 Å². The monoisotopic (exact) mass is 536 g/mol. The molecule has 0 spiro atoms. The summed E-state index contributed by atoms with van der Waals surface area (Å²) >= 11 is 5.86. The van der Waals surface area contributed by atoms with Crippen LogP contribution < -0.4 is 5.32 Å². The van der Waals surface area contributed by atoms with Gasteiger partial charge in [0.15, 0.2) is 0 Å². The average molecular weight is 537 g/mol. The molecule has 1 fully saturated rings. The lowest BCUT2D eigenvalue weighted by atomic mass is 9.85. The number of alkyl halides is 7. The van der Waals surface area contributed by atoms with Crippen molar-refractivity contribution < 1.29 is 40.4 Å². The predicted molar refractivity (Wildman–Crippen MR) is 118 cm³/mol. The molecular formula is C24H20ClF7N2O2. The van der Waals surface area contributed by atoms with Gasteiger partial charge < -0.3 is 10.2 Å². The molecule has 4 rings (SSSR count). The Morgan fingerprint density at radius 1 is 1.11 bits per heavy atom. The summed E-state index contributed by atoms with van der Waals surface area (Å²) in [7, 11) is 0. The molecule has 4 nitrogen and oxygen atoms in total. The van der Waals surface area contributed by atoms with E-state index in [0.717, 1.165) is 12.1 Å². The minimum Gasteiger partial charge on any atom is -0.374 e. The number of rotatable bonds is 5. The fourth-order valence-corrected chi connectivity index (χ4v) is 4.49. The van der Waals surface area contributed by atoms with Gasteiger partial charge in [0.25, 0.3) is 23.4 Å². The van der Waals surface area contributed by atoms with Gasteiger partial charge in [-0.2, -0.15) is 13.2 Å². The highest BCUT2D eigenvalue weighted by Crippen LogP contribution is 2.50. The van der Waals surface area contributed by atoms with Crippen LogP contribution in [-0.4, -0.2) is 29.8 Å². The fraction of sp³-hybridized carbons (Fsp3) is 0.417. The van der Waals surface area contributed by atoms with Crippen LogP contribution in [0.3, 0.4) is 0 Å². The van der Waals surface area contributed by atoms with E-state index >= 15 is 0 Å². The number of carbonyl (C=O) groups excluding carboxylic acids is 1. The summed E-state index contributed by atoms with van der Waals surface area (Å²) < 4.78 is 96.6. The molecular weight excluding hydrogens is 517 g/mol. The lowest BCUT2D eigenvalue weighted by Gasteiger charge is -2.35. The second kappa shape index (κ2) is 8.64. The van der Waals surface area contributed by atoms with E-state index < -0.39 is 66.0 Å². The van der Waals surface area contributed by atoms with Crippen molar-refractivity contribution >= 4 is 23.2 Å². The predicted octanol–water partition coefficient (Wildman–Crippen LogP) is 6.87. The van der Waals surface area contributed by atoms with Crippen molar-refractivity contribution in [1.82, 2.24) is 5.32 Å². The van der Waals surface area contributed by atoms with Crippen LogP contribution in [0.2, 0.25) is 5.02 Å². The summed E-state index contributed by atoms with van der Waals surface area (Å²) in [6.45, 7) is 2.07. The highest BCUT2D eigenvalue weighted by Gasteiger charge is 2.62. The fourth-order valence-electron chi connectivity index (χ4n) is 4.26. The van der Waals surface area contributed by atoms with Crippen LogP contribution in [0.5, 0.6) is 0 Å². The number of hydrogen-bond acceptors (Lipinski definition) is 3. The van der Waals surface area contributed by atoms with E-state index in [9.17, 15) is 35.5 Å². The van der Waals surface area contributed by atoms with Crippen molar-refractivity contribution in [3.63, 3.8) is 0 Å². The third-order valence-electron chi connectivity index (χ3n) is 6.29. The number of halogens is 8. The Hall–Kier alpha value is -2.82. The van der Waals surface area contributed by atoms with Crippen molar-refractivity contribution in [2.75, 3.05) is 0 Å². The van der Waals surface area contributed by atoms with E-state index in [1.54, 1.807) is 0 Å². The minimum atomic E-state index is -5.04. The van der Waals surface area contributed by atoms with E-state index in [2.05, 4.69) is 10.5 Å². The van der Waals surface area contributed by atoms with E-state index in [1.165, 1.54) is 25.1 Å². The molecule has 36 heavy (non-hydrogen) atoms. The van der Waals surface area contributed by atoms with Gasteiger partial charge in [-0.1, -0.05) is 22.8 Å². The van der Waals surface area contributed by atoms with Gasteiger partial charge in [-0.15, -0.1) is 0 Å². The van der Waals surface area contributed by atoms with Crippen molar-refractivity contribution in [3.05, 3.63) is 69.2 Å². The zero-order chi connectivity index (χ0) is 26.7. The van der Waals surface area contributed by atoms with Gasteiger partial charge >= 0.3 is 6.18 Å². The van der Waals surface area contributed by atoms with Gasteiger partial charge in [0.1, 0.15) is 0 Å². The quantitative estimate of drug-likeness (QED) is 0.424. The first-order valence-electron chi connectivity index (χ1n) is 10.8. The van der Waals surface area contributed by atoms with Gasteiger partial charge in [0.2, 0.25) is 0 Å². The van der Waals surface area contributed by atoms with Gasteiger partial charge in [-0.05, 0) is 48.4 Å². The summed E-state index contributed by atoms with van der Waals surface area (Å²) in [6.07, 6.45) is -6.78. The maximum atomic E-state index is 14.3. The van der Waals surface area contributed by atoms with E-state index in [0.29, 0.717) is 18.6 Å². The molecule has 2 aliphatic rings. The Morgan fingerprint density at radius 2 is 1.78 bits per heavy atom. The Morgan fingerprint density at radius 3 is 2.33 bits per heavy atom. The number of carbonyl (C=O) groups is 1. The first kappa shape index (κ1) is 26.2. The topological polar surface area (TPSA) is 50.7 Å². The van der Waals surface area contributed by atoms with E-state index in [-0.39, 0.29) is 21.9 Å². The number of nitrogens with one attached hydrogen (secondary N) is 1. The molecule has 2 aromatic carbocycles. The summed E-state index contributed by atoms with van der Waals surface area (Å²) in [5, 5.41) is 5.79. The first-order valence-corrected chi connectivity index (χ1v) is 11.2. The van der Waals surface area contributed by atoms with Crippen molar-refractivity contribution in [1.29, 1.82) is 0 Å². The Bertz CT molecular complexity index is 1230. The Balaban J connectivity index is 1.60. The molecule has 0 unspecified atom stereocenters. The molecule has 1 saturated carbocycles. The number of aryl methyl sites for hydroxylation is 1. The number of amides is 1. The van der Waals surface area contributed by atoms with Crippen LogP contribution in [-0.2, 0) is 16.4 Å². The van der Waals surface area contributed by atoms with Gasteiger partial charge in [-0.3, -0.25) is 4.79 Å². The first-order chi connectivity index (χ1) is 16.5. The largest absolute Gasteiger partial charge is 0.435 e. The Labute approximate surface area is 206 Å². The molecule has 0 saturated heterocycles. The van der Waals surface area contributed by atoms with Gasteiger partial charge in [0.05, 0.1) is 5.71 Å². The molecule has 1 amide bonds. The molecule has 1 aliphatic heterocycles. The summed E-state index contributed by atoms with van der Waals surface area (Å²) in [4.78, 5) is 17.3. The van der Waals surface area contributed by atoms with Crippen LogP contribution in [0.15, 0.2) is 41.6 Å². The number of nitrogens with zero attached hydrogens (tertiary/aromatic N) is 1. The zero-order valence-electron chi connectivity index (χ0n) is 19.0. The smallest absolute Gasteiger partial charge is 0.374 e. The number of benzene rings is 2. The maximum Gasteiger partial charge on any atom is 0.435 e. The lowest BCUT2D eigenvalue weighted by molar-refractivity contribution is -0.275. The van der Waals surface area contributed by atoms with Crippen LogP contribution in [0, 0.1) is 6.92 Å². The van der Waals surface area contributed by atoms with Crippen LogP contribution in [0.1, 0.15) is 58.8 Å². The molecule has 1 atom stereocenters. The molecule has 1 N–H and O–H groups in total. The van der Waals surface area contributed by atoms with Gasteiger partial charge in [0, 0.05) is 53.9 Å². The summed E-state index contributed by atoms with van der Waals surface area (Å²) in [5.41, 5.74) is -3.74. The average Bonchev–Trinajstić information content (AvgIpc) is 3.18. The molecule has 0 radical (unpaired) electrons. The molecule has 12 heteroatoms. The van der Waals surface area contributed by atoms with E-state index in [1.807, 2.05) is 0 Å². The third kappa shape index (κ3) is 4.89. The number of oxime groups is 1. The van der Waals surface area contributed by atoms with E-state index in [4.69, 9.17) is 16.4 Å². The highest BCUT2D eigenvalue weighted by atomic mass is 35.5. The molecule has 0 bridgehead atoms. The summed E-state index contributed by atoms with van der Waals surface area (Å²) in [5.74, 6) is -6.84. The number of hydrogen-bond donors (Lipinski definition) is 1. The maximum absolute atomic E-state index is 14.3. The molecule has 2 aromatic rings. The van der Waals surface area contributed by atoms with Crippen molar-refractivity contribution in [3.8, 4) is 0 Å². The second-order valence-corrected chi connectivity index (χ2v) is 9.65. The lowest BCUT2D eigenvalue weighted by Crippen LogP contribution is -2.50. The van der Waals surface area contributed by atoms with Crippen LogP contribution in [0.4, 0.5) is 30.7 Å². The SMILES string of the molecule is Cc1cc(C2=NO[C@](c3cc(Cl)cc(C(C)(F)F)c3)(C(F)(F)F)C2)ccc1C(=O)NC1CC(F)(F)C1. The molecule has 0 aromatic heterocycles. The third-order valence-corrected chi connectivity index (χ3v) is 6.50. The van der Waals surface area contributed by atoms with Crippen molar-refractivity contribution in [2.45, 2.75) is 62.8 Å². The van der Waals surface area contributed by atoms with Gasteiger partial charge in [-0.25, -0.2) is 17.6 Å². The van der Waals surface area contributed by atoms with Crippen LogP contribution in [0.25, 0.3) is 0 Å².